The van der Waals surface area contributed by atoms with Gasteiger partial charge >= 0.3 is 11.9 Å². The van der Waals surface area contributed by atoms with Crippen LogP contribution in [0.5, 0.6) is 0 Å². The molecular formula is C8H14N2O6S. The second-order valence-corrected chi connectivity index (χ2v) is 5.27. The summed E-state index contributed by atoms with van der Waals surface area (Å²) in [6.07, 6.45) is 0.287. The van der Waals surface area contributed by atoms with Gasteiger partial charge in [0.05, 0.1) is 11.8 Å². The first-order chi connectivity index (χ1) is 7.64. The highest BCUT2D eigenvalue weighted by atomic mass is 32.2. The summed E-state index contributed by atoms with van der Waals surface area (Å²) in [4.78, 5) is 22.5. The fourth-order valence-corrected chi connectivity index (χ4v) is 1.97. The lowest BCUT2D eigenvalue weighted by Crippen LogP contribution is -2.33. The number of carboxylic acids is 2. The fraction of sp³-hybridized carbons (Fsp3) is 0.500. The van der Waals surface area contributed by atoms with Crippen molar-refractivity contribution in [1.29, 1.82) is 0 Å². The summed E-state index contributed by atoms with van der Waals surface area (Å²) in [5, 5.41) is 17.0. The molecule has 0 saturated carbocycles. The molecule has 0 radical (unpaired) electrons. The molecule has 0 rings (SSSR count). The van der Waals surface area contributed by atoms with Crippen LogP contribution in [0.4, 0.5) is 0 Å². The topological polar surface area (TPSA) is 124 Å². The van der Waals surface area contributed by atoms with E-state index in [1.165, 1.54) is 0 Å². The zero-order valence-corrected chi connectivity index (χ0v) is 10.2. The summed E-state index contributed by atoms with van der Waals surface area (Å²) in [6, 6.07) is 0. The molecule has 9 heteroatoms. The average Bonchev–Trinajstić information content (AvgIpc) is 2.12. The van der Waals surface area contributed by atoms with Gasteiger partial charge in [0.15, 0.2) is 0 Å². The Morgan fingerprint density at radius 1 is 1.29 bits per heavy atom. The van der Waals surface area contributed by atoms with Crippen molar-refractivity contribution in [3.8, 4) is 0 Å². The molecule has 3 N–H and O–H groups in total. The number of rotatable bonds is 7. The van der Waals surface area contributed by atoms with Gasteiger partial charge in [0.1, 0.15) is 5.70 Å². The van der Waals surface area contributed by atoms with E-state index in [0.717, 1.165) is 0 Å². The molecule has 0 saturated heterocycles. The molecule has 0 aliphatic heterocycles. The second kappa shape index (κ2) is 6.21. The summed E-state index contributed by atoms with van der Waals surface area (Å²) in [6.45, 7) is 0.190. The zero-order chi connectivity index (χ0) is 13.6. The van der Waals surface area contributed by atoms with Crippen LogP contribution in [0.1, 0.15) is 0 Å². The van der Waals surface area contributed by atoms with Crippen LogP contribution in [0.3, 0.4) is 0 Å². The van der Waals surface area contributed by atoms with Crippen molar-refractivity contribution in [2.75, 3.05) is 26.4 Å². The van der Waals surface area contributed by atoms with E-state index in [2.05, 4.69) is 0 Å². The molecule has 0 aromatic carbocycles. The second-order valence-electron chi connectivity index (χ2n) is 3.43. The summed E-state index contributed by atoms with van der Waals surface area (Å²) >= 11 is 0. The van der Waals surface area contributed by atoms with E-state index in [-0.39, 0.29) is 18.4 Å². The highest BCUT2D eigenvalue weighted by molar-refractivity contribution is 7.89. The van der Waals surface area contributed by atoms with Crippen molar-refractivity contribution in [1.82, 2.24) is 9.62 Å². The lowest BCUT2D eigenvalue weighted by atomic mass is 10.4. The highest BCUT2D eigenvalue weighted by Crippen LogP contribution is 1.95. The third-order valence-corrected chi connectivity index (χ3v) is 2.82. The van der Waals surface area contributed by atoms with Crippen LogP contribution in [0, 0.1) is 0 Å². The van der Waals surface area contributed by atoms with E-state index < -0.39 is 27.7 Å². The first kappa shape index (κ1) is 15.4. The zero-order valence-electron chi connectivity index (χ0n) is 9.37. The van der Waals surface area contributed by atoms with Crippen molar-refractivity contribution in [3.05, 3.63) is 11.8 Å². The van der Waals surface area contributed by atoms with E-state index in [9.17, 15) is 18.0 Å². The van der Waals surface area contributed by atoms with Crippen LogP contribution in [-0.4, -0.2) is 61.9 Å². The molecule has 0 fully saturated rings. The Hall–Kier alpha value is -1.61. The Balaban J connectivity index is 4.77. The maximum atomic E-state index is 11.4. The molecule has 0 spiro atoms. The van der Waals surface area contributed by atoms with Gasteiger partial charge in [0.25, 0.3) is 0 Å². The quantitative estimate of drug-likeness (QED) is 0.480. The third-order valence-electron chi connectivity index (χ3n) is 1.57. The van der Waals surface area contributed by atoms with Crippen molar-refractivity contribution in [3.63, 3.8) is 0 Å². The number of aliphatic carboxylic acids is 2. The van der Waals surface area contributed by atoms with Crippen molar-refractivity contribution >= 4 is 22.0 Å². The molecule has 98 valence electrons. The van der Waals surface area contributed by atoms with Crippen LogP contribution in [0.25, 0.3) is 0 Å². The Bertz CT molecular complexity index is 425. The number of nitrogens with one attached hydrogen (secondary N) is 1. The molecule has 8 nitrogen and oxygen atoms in total. The SMILES string of the molecule is CN(C)CCS(=O)(=O)N/C(=C\C(=O)O)C(=O)O. The van der Waals surface area contributed by atoms with Gasteiger partial charge in [0, 0.05) is 6.54 Å². The number of sulfonamides is 1. The van der Waals surface area contributed by atoms with E-state index >= 15 is 0 Å². The molecule has 0 bridgehead atoms. The molecule has 0 amide bonds. The van der Waals surface area contributed by atoms with Crippen LogP contribution in [-0.2, 0) is 19.6 Å². The lowest BCUT2D eigenvalue weighted by molar-refractivity contribution is -0.135. The summed E-state index contributed by atoms with van der Waals surface area (Å²) in [7, 11) is -0.564. The molecule has 0 aliphatic carbocycles. The number of hydrogen-bond acceptors (Lipinski definition) is 5. The normalized spacial score (nSPS) is 12.5. The van der Waals surface area contributed by atoms with Crippen molar-refractivity contribution in [2.45, 2.75) is 0 Å². The average molecular weight is 266 g/mol. The molecule has 0 aromatic heterocycles. The number of carbonyl (C=O) groups is 2. The van der Waals surface area contributed by atoms with Crippen LogP contribution < -0.4 is 4.72 Å². The van der Waals surface area contributed by atoms with Gasteiger partial charge in [-0.1, -0.05) is 0 Å². The van der Waals surface area contributed by atoms with Gasteiger partial charge in [-0.25, -0.2) is 18.0 Å². The van der Waals surface area contributed by atoms with E-state index in [0.29, 0.717) is 0 Å². The predicted molar refractivity (Wildman–Crippen MR) is 58.8 cm³/mol. The van der Waals surface area contributed by atoms with Gasteiger partial charge in [-0.15, -0.1) is 0 Å². The Morgan fingerprint density at radius 2 is 1.82 bits per heavy atom. The highest BCUT2D eigenvalue weighted by Gasteiger charge is 2.18. The minimum atomic E-state index is -3.87. The van der Waals surface area contributed by atoms with Crippen molar-refractivity contribution in [2.24, 2.45) is 0 Å². The first-order valence-corrected chi connectivity index (χ1v) is 6.12. The smallest absolute Gasteiger partial charge is 0.353 e. The van der Waals surface area contributed by atoms with Gasteiger partial charge in [0.2, 0.25) is 10.0 Å². The third kappa shape index (κ3) is 7.30. The first-order valence-electron chi connectivity index (χ1n) is 4.47. The fourth-order valence-electron chi connectivity index (χ4n) is 0.780. The minimum Gasteiger partial charge on any atom is -0.478 e. The van der Waals surface area contributed by atoms with Gasteiger partial charge in [-0.05, 0) is 14.1 Å². The van der Waals surface area contributed by atoms with Crippen molar-refractivity contribution < 1.29 is 28.2 Å². The Kier molecular flexibility index (Phi) is 5.62. The standard InChI is InChI=1S/C8H14N2O6S/c1-10(2)3-4-17(15,16)9-6(8(13)14)5-7(11)12/h5,9H,3-4H2,1-2H3,(H,11,12)(H,13,14)/b6-5-. The summed E-state index contributed by atoms with van der Waals surface area (Å²) in [5.41, 5.74) is -0.892. The number of carboxylic acid groups (broad SMARTS) is 2. The van der Waals surface area contributed by atoms with E-state index in [4.69, 9.17) is 10.2 Å². The van der Waals surface area contributed by atoms with Crippen LogP contribution in [0.15, 0.2) is 11.8 Å². The molecule has 0 heterocycles. The number of hydrogen-bond donors (Lipinski definition) is 3. The van der Waals surface area contributed by atoms with Gasteiger partial charge in [-0.2, -0.15) is 0 Å². The molecule has 0 aliphatic rings. The molecule has 0 unspecified atom stereocenters. The molecule has 0 aromatic rings. The van der Waals surface area contributed by atoms with Gasteiger partial charge in [-0.3, -0.25) is 4.72 Å². The van der Waals surface area contributed by atoms with E-state index in [1.807, 2.05) is 0 Å². The molecule has 17 heavy (non-hydrogen) atoms. The largest absolute Gasteiger partial charge is 0.478 e. The maximum absolute atomic E-state index is 11.4. The predicted octanol–water partition coefficient (Wildman–Crippen LogP) is -1.48. The molecular weight excluding hydrogens is 252 g/mol. The monoisotopic (exact) mass is 266 g/mol. The Morgan fingerprint density at radius 3 is 2.18 bits per heavy atom. The van der Waals surface area contributed by atoms with E-state index in [1.54, 1.807) is 23.7 Å². The Labute approximate surface area is 98.6 Å². The van der Waals surface area contributed by atoms with Crippen LogP contribution >= 0.6 is 0 Å². The summed E-state index contributed by atoms with van der Waals surface area (Å²) < 4.78 is 24.5. The summed E-state index contributed by atoms with van der Waals surface area (Å²) in [5.74, 6) is -3.52. The minimum absolute atomic E-state index is 0.190. The maximum Gasteiger partial charge on any atom is 0.353 e. The van der Waals surface area contributed by atoms with Gasteiger partial charge < -0.3 is 15.1 Å². The molecule has 0 atom stereocenters. The van der Waals surface area contributed by atoms with Crippen LogP contribution in [0.2, 0.25) is 0 Å². The number of nitrogens with zero attached hydrogens (tertiary/aromatic N) is 1. The lowest BCUT2D eigenvalue weighted by Gasteiger charge is -2.11.